The van der Waals surface area contributed by atoms with Crippen LogP contribution in [0.2, 0.25) is 0 Å². The fourth-order valence-electron chi connectivity index (χ4n) is 4.63. The third-order valence-electron chi connectivity index (χ3n) is 6.06. The second kappa shape index (κ2) is 7.85. The molecule has 1 atom stereocenters. The summed E-state index contributed by atoms with van der Waals surface area (Å²) in [6.07, 6.45) is 2.56. The first-order valence-corrected chi connectivity index (χ1v) is 10.4. The van der Waals surface area contributed by atoms with Gasteiger partial charge in [0.2, 0.25) is 0 Å². The molecule has 0 radical (unpaired) electrons. The Kier molecular flexibility index (Phi) is 4.88. The Morgan fingerprint density at radius 2 is 1.71 bits per heavy atom. The predicted molar refractivity (Wildman–Crippen MR) is 119 cm³/mol. The van der Waals surface area contributed by atoms with Crippen LogP contribution < -0.4 is 5.56 Å². The Balaban J connectivity index is 1.64. The lowest BCUT2D eigenvalue weighted by atomic mass is 9.88. The zero-order valence-corrected chi connectivity index (χ0v) is 16.9. The lowest BCUT2D eigenvalue weighted by Gasteiger charge is -2.38. The lowest BCUT2D eigenvalue weighted by molar-refractivity contribution is 0.0694. The number of carbonyl (C=O) groups is 1. The van der Waals surface area contributed by atoms with Crippen molar-refractivity contribution in [3.63, 3.8) is 0 Å². The van der Waals surface area contributed by atoms with Gasteiger partial charge in [-0.25, -0.2) is 4.79 Å². The molecule has 5 nitrogen and oxygen atoms in total. The Morgan fingerprint density at radius 1 is 0.968 bits per heavy atom. The first-order chi connectivity index (χ1) is 15.1. The maximum atomic E-state index is 12.6. The van der Waals surface area contributed by atoms with Gasteiger partial charge in [0.1, 0.15) is 5.56 Å². The Labute approximate surface area is 179 Å². The van der Waals surface area contributed by atoms with Gasteiger partial charge < -0.3 is 5.11 Å². The fraction of sp³-hybridized carbons (Fsp3) is 0.154. The van der Waals surface area contributed by atoms with Crippen LogP contribution in [0.3, 0.4) is 0 Å². The summed E-state index contributed by atoms with van der Waals surface area (Å²) >= 11 is 0. The molecule has 0 amide bonds. The number of nitrogens with zero attached hydrogens (tertiary/aromatic N) is 2. The number of aromatic carboxylic acids is 1. The largest absolute Gasteiger partial charge is 0.477 e. The van der Waals surface area contributed by atoms with E-state index in [1.807, 2.05) is 30.3 Å². The van der Waals surface area contributed by atoms with E-state index in [1.54, 1.807) is 18.3 Å². The normalized spacial score (nSPS) is 16.2. The number of fused-ring (bicyclic) bond motifs is 2. The summed E-state index contributed by atoms with van der Waals surface area (Å²) in [7, 11) is 0. The molecular weight excluding hydrogens is 388 g/mol. The van der Waals surface area contributed by atoms with Crippen LogP contribution in [0.1, 0.15) is 38.7 Å². The molecule has 0 fully saturated rings. The third-order valence-corrected chi connectivity index (χ3v) is 6.06. The van der Waals surface area contributed by atoms with Crippen molar-refractivity contribution < 1.29 is 9.90 Å². The maximum Gasteiger partial charge on any atom is 0.341 e. The molecule has 0 spiro atoms. The SMILES string of the molecule is O=C(O)c1cc(CN2CCc3ccccc3C2c2ccccc2)c2ccccn2c1=O. The molecule has 0 aliphatic carbocycles. The molecule has 31 heavy (non-hydrogen) atoms. The van der Waals surface area contributed by atoms with Crippen LogP contribution in [0, 0.1) is 0 Å². The highest BCUT2D eigenvalue weighted by Gasteiger charge is 2.29. The van der Waals surface area contributed by atoms with Crippen LogP contribution in [0.5, 0.6) is 0 Å². The van der Waals surface area contributed by atoms with Gasteiger partial charge in [-0.3, -0.25) is 14.1 Å². The third kappa shape index (κ3) is 3.43. The maximum absolute atomic E-state index is 12.6. The van der Waals surface area contributed by atoms with Crippen LogP contribution in [-0.2, 0) is 13.0 Å². The Hall–Kier alpha value is -3.70. The van der Waals surface area contributed by atoms with Crippen molar-refractivity contribution in [2.75, 3.05) is 6.54 Å². The van der Waals surface area contributed by atoms with Gasteiger partial charge in [-0.1, -0.05) is 60.7 Å². The molecule has 2 aromatic heterocycles. The van der Waals surface area contributed by atoms with Crippen molar-refractivity contribution in [1.29, 1.82) is 0 Å². The van der Waals surface area contributed by atoms with E-state index in [0.717, 1.165) is 24.0 Å². The van der Waals surface area contributed by atoms with E-state index in [0.29, 0.717) is 6.54 Å². The summed E-state index contributed by atoms with van der Waals surface area (Å²) in [5, 5.41) is 9.59. The average Bonchev–Trinajstić information content (AvgIpc) is 2.81. The van der Waals surface area contributed by atoms with Gasteiger partial charge in [-0.15, -0.1) is 0 Å². The summed E-state index contributed by atoms with van der Waals surface area (Å²) in [5.41, 5.74) is 4.68. The second-order valence-corrected chi connectivity index (χ2v) is 7.88. The van der Waals surface area contributed by atoms with Gasteiger partial charge in [0.05, 0.1) is 11.6 Å². The molecule has 1 aliphatic heterocycles. The molecule has 1 unspecified atom stereocenters. The molecule has 5 heteroatoms. The summed E-state index contributed by atoms with van der Waals surface area (Å²) in [6.45, 7) is 1.39. The minimum Gasteiger partial charge on any atom is -0.477 e. The molecule has 2 aromatic carbocycles. The minimum atomic E-state index is -1.20. The summed E-state index contributed by atoms with van der Waals surface area (Å²) in [4.78, 5) is 26.7. The van der Waals surface area contributed by atoms with Crippen molar-refractivity contribution in [2.45, 2.75) is 19.0 Å². The number of pyridine rings is 2. The van der Waals surface area contributed by atoms with Crippen molar-refractivity contribution >= 4 is 11.5 Å². The highest BCUT2D eigenvalue weighted by Crippen LogP contribution is 2.36. The standard InChI is InChI=1S/C26H22N2O3/c29-25-22(26(30)31)16-20(23-12-6-7-14-28(23)25)17-27-15-13-18-8-4-5-11-21(18)24(27)19-9-2-1-3-10-19/h1-12,14,16,24H,13,15,17H2,(H,30,31). The highest BCUT2D eigenvalue weighted by molar-refractivity contribution is 5.88. The molecule has 0 saturated heterocycles. The zero-order chi connectivity index (χ0) is 21.4. The molecule has 0 bridgehead atoms. The molecule has 5 rings (SSSR count). The summed E-state index contributed by atoms with van der Waals surface area (Å²) in [6, 6.07) is 26.0. The van der Waals surface area contributed by atoms with Gasteiger partial charge in [-0.05, 0) is 46.9 Å². The molecule has 0 saturated carbocycles. The quantitative estimate of drug-likeness (QED) is 0.549. The van der Waals surface area contributed by atoms with E-state index < -0.39 is 11.5 Å². The first kappa shape index (κ1) is 19.3. The van der Waals surface area contributed by atoms with Crippen molar-refractivity contribution in [2.24, 2.45) is 0 Å². The Bertz CT molecular complexity index is 1330. The number of benzene rings is 2. The average molecular weight is 410 g/mol. The van der Waals surface area contributed by atoms with Crippen LogP contribution >= 0.6 is 0 Å². The van der Waals surface area contributed by atoms with E-state index in [2.05, 4.69) is 41.3 Å². The summed E-state index contributed by atoms with van der Waals surface area (Å²) < 4.78 is 1.44. The van der Waals surface area contributed by atoms with E-state index >= 15 is 0 Å². The number of carboxylic acids is 1. The smallest absolute Gasteiger partial charge is 0.341 e. The van der Waals surface area contributed by atoms with E-state index in [-0.39, 0.29) is 11.6 Å². The van der Waals surface area contributed by atoms with E-state index in [1.165, 1.54) is 21.1 Å². The first-order valence-electron chi connectivity index (χ1n) is 10.4. The van der Waals surface area contributed by atoms with Gasteiger partial charge in [0.15, 0.2) is 0 Å². The summed E-state index contributed by atoms with van der Waals surface area (Å²) in [5.74, 6) is -1.20. The van der Waals surface area contributed by atoms with Crippen molar-refractivity contribution in [1.82, 2.24) is 9.30 Å². The second-order valence-electron chi connectivity index (χ2n) is 7.88. The number of hydrogen-bond donors (Lipinski definition) is 1. The number of aromatic nitrogens is 1. The highest BCUT2D eigenvalue weighted by atomic mass is 16.4. The van der Waals surface area contributed by atoms with Crippen LogP contribution in [0.4, 0.5) is 0 Å². The monoisotopic (exact) mass is 410 g/mol. The topological polar surface area (TPSA) is 62.0 Å². The zero-order valence-electron chi connectivity index (χ0n) is 16.9. The van der Waals surface area contributed by atoms with Gasteiger partial charge in [-0.2, -0.15) is 0 Å². The van der Waals surface area contributed by atoms with Gasteiger partial charge in [0, 0.05) is 19.3 Å². The van der Waals surface area contributed by atoms with E-state index in [9.17, 15) is 14.7 Å². The Morgan fingerprint density at radius 3 is 2.52 bits per heavy atom. The number of hydrogen-bond acceptors (Lipinski definition) is 3. The fourth-order valence-corrected chi connectivity index (χ4v) is 4.63. The number of rotatable bonds is 4. The minimum absolute atomic E-state index is 0.0649. The molecule has 154 valence electrons. The van der Waals surface area contributed by atoms with Crippen LogP contribution in [0.25, 0.3) is 5.52 Å². The van der Waals surface area contributed by atoms with Gasteiger partial charge >= 0.3 is 5.97 Å². The predicted octanol–water partition coefficient (Wildman–Crippen LogP) is 4.15. The van der Waals surface area contributed by atoms with Gasteiger partial charge in [0.25, 0.3) is 5.56 Å². The van der Waals surface area contributed by atoms with Crippen LogP contribution in [0.15, 0.2) is 89.9 Å². The number of carboxylic acid groups (broad SMARTS) is 1. The lowest BCUT2D eigenvalue weighted by Crippen LogP contribution is -2.36. The van der Waals surface area contributed by atoms with E-state index in [4.69, 9.17) is 0 Å². The van der Waals surface area contributed by atoms with Crippen molar-refractivity contribution in [3.8, 4) is 0 Å². The molecule has 1 N–H and O–H groups in total. The van der Waals surface area contributed by atoms with Crippen LogP contribution in [-0.4, -0.2) is 26.9 Å². The molecule has 4 aromatic rings. The molecular formula is C26H22N2O3. The van der Waals surface area contributed by atoms with Crippen molar-refractivity contribution in [3.05, 3.63) is 123 Å². The molecule has 3 heterocycles. The molecule has 1 aliphatic rings.